The molecule has 4 nitrogen and oxygen atoms in total. The second-order valence-electron chi connectivity index (χ2n) is 8.90. The van der Waals surface area contributed by atoms with Crippen LogP contribution in [-0.4, -0.2) is 42.1 Å². The van der Waals surface area contributed by atoms with Crippen LogP contribution in [0.2, 0.25) is 0 Å². The summed E-state index contributed by atoms with van der Waals surface area (Å²) >= 11 is 0. The molecule has 1 atom stereocenters. The van der Waals surface area contributed by atoms with Crippen LogP contribution >= 0.6 is 0 Å². The van der Waals surface area contributed by atoms with Crippen LogP contribution in [0.1, 0.15) is 49.5 Å². The number of halogens is 1. The molecule has 0 radical (unpaired) electrons. The first kappa shape index (κ1) is 21.7. The maximum atomic E-state index is 13.1. The van der Waals surface area contributed by atoms with Gasteiger partial charge in [0.25, 0.3) is 0 Å². The number of rotatable bonds is 5. The maximum Gasteiger partial charge on any atom is 0.229 e. The SMILES string of the molecule is CC(C)C(=O)N1CCCc2cc(C(O)CN3CC=C(c4ccc(F)cc4)CC3)ccc21. The van der Waals surface area contributed by atoms with Gasteiger partial charge < -0.3 is 10.0 Å². The van der Waals surface area contributed by atoms with E-state index in [2.05, 4.69) is 17.0 Å². The Morgan fingerprint density at radius 3 is 2.55 bits per heavy atom. The number of fused-ring (bicyclic) bond motifs is 1. The number of aryl methyl sites for hydroxylation is 1. The van der Waals surface area contributed by atoms with Gasteiger partial charge in [-0.3, -0.25) is 9.69 Å². The van der Waals surface area contributed by atoms with Gasteiger partial charge >= 0.3 is 0 Å². The van der Waals surface area contributed by atoms with Crippen molar-refractivity contribution in [1.29, 1.82) is 0 Å². The van der Waals surface area contributed by atoms with Gasteiger partial charge in [0.05, 0.1) is 6.10 Å². The van der Waals surface area contributed by atoms with E-state index in [-0.39, 0.29) is 17.6 Å². The maximum absolute atomic E-state index is 13.1. The lowest BCUT2D eigenvalue weighted by Gasteiger charge is -2.32. The molecule has 1 amide bonds. The number of carbonyl (C=O) groups is 1. The summed E-state index contributed by atoms with van der Waals surface area (Å²) in [5, 5.41) is 10.9. The summed E-state index contributed by atoms with van der Waals surface area (Å²) < 4.78 is 13.1. The molecule has 0 bridgehead atoms. The second kappa shape index (κ2) is 9.33. The van der Waals surface area contributed by atoms with Crippen molar-refractivity contribution in [2.45, 2.75) is 39.2 Å². The van der Waals surface area contributed by atoms with Gasteiger partial charge in [-0.05, 0) is 59.7 Å². The highest BCUT2D eigenvalue weighted by Crippen LogP contribution is 2.31. The quantitative estimate of drug-likeness (QED) is 0.767. The minimum absolute atomic E-state index is 0.0248. The smallest absolute Gasteiger partial charge is 0.229 e. The summed E-state index contributed by atoms with van der Waals surface area (Å²) in [4.78, 5) is 16.7. The van der Waals surface area contributed by atoms with E-state index in [1.165, 1.54) is 17.7 Å². The molecular weight excluding hydrogens is 391 g/mol. The summed E-state index contributed by atoms with van der Waals surface area (Å²) in [6.07, 6.45) is 4.38. The molecule has 1 N–H and O–H groups in total. The molecule has 0 spiro atoms. The molecule has 5 heteroatoms. The largest absolute Gasteiger partial charge is 0.387 e. The van der Waals surface area contributed by atoms with Crippen molar-refractivity contribution in [3.05, 3.63) is 71.0 Å². The fourth-order valence-electron chi connectivity index (χ4n) is 4.52. The van der Waals surface area contributed by atoms with E-state index in [9.17, 15) is 14.3 Å². The van der Waals surface area contributed by atoms with Crippen LogP contribution in [0.25, 0.3) is 5.57 Å². The van der Waals surface area contributed by atoms with Crippen molar-refractivity contribution in [2.24, 2.45) is 5.92 Å². The minimum Gasteiger partial charge on any atom is -0.387 e. The monoisotopic (exact) mass is 422 g/mol. The third-order valence-corrected chi connectivity index (χ3v) is 6.31. The molecule has 2 aliphatic rings. The molecule has 4 rings (SSSR count). The first-order chi connectivity index (χ1) is 14.9. The van der Waals surface area contributed by atoms with Crippen LogP contribution in [0.3, 0.4) is 0 Å². The molecule has 31 heavy (non-hydrogen) atoms. The Balaban J connectivity index is 1.41. The highest BCUT2D eigenvalue weighted by atomic mass is 19.1. The first-order valence-electron chi connectivity index (χ1n) is 11.2. The lowest BCUT2D eigenvalue weighted by atomic mass is 9.95. The van der Waals surface area contributed by atoms with Crippen molar-refractivity contribution in [2.75, 3.05) is 31.1 Å². The molecule has 2 heterocycles. The standard InChI is InChI=1S/C26H31FN2O2/c1-18(2)26(31)29-13-3-4-21-16-22(7-10-24(21)29)25(30)17-28-14-11-20(12-15-28)19-5-8-23(27)9-6-19/h5-11,16,18,25,30H,3-4,12-15,17H2,1-2H3. The zero-order valence-electron chi connectivity index (χ0n) is 18.4. The van der Waals surface area contributed by atoms with E-state index < -0.39 is 6.10 Å². The molecule has 2 aliphatic heterocycles. The van der Waals surface area contributed by atoms with E-state index in [1.54, 1.807) is 0 Å². The minimum atomic E-state index is -0.567. The average Bonchev–Trinajstić information content (AvgIpc) is 2.78. The van der Waals surface area contributed by atoms with E-state index in [4.69, 9.17) is 0 Å². The van der Waals surface area contributed by atoms with Gasteiger partial charge in [-0.1, -0.05) is 44.2 Å². The van der Waals surface area contributed by atoms with Crippen LogP contribution in [0.4, 0.5) is 10.1 Å². The van der Waals surface area contributed by atoms with Crippen molar-refractivity contribution < 1.29 is 14.3 Å². The highest BCUT2D eigenvalue weighted by Gasteiger charge is 2.25. The molecule has 0 saturated heterocycles. The number of β-amino-alcohol motifs (C(OH)–C–C–N with tert-alkyl or cyclic N) is 1. The highest BCUT2D eigenvalue weighted by molar-refractivity contribution is 5.95. The van der Waals surface area contributed by atoms with Gasteiger partial charge in [-0.15, -0.1) is 0 Å². The number of nitrogens with zero attached hydrogens (tertiary/aromatic N) is 2. The number of hydrogen-bond donors (Lipinski definition) is 1. The van der Waals surface area contributed by atoms with Crippen LogP contribution in [0.5, 0.6) is 0 Å². The van der Waals surface area contributed by atoms with Gasteiger partial charge in [0, 0.05) is 37.8 Å². The third-order valence-electron chi connectivity index (χ3n) is 6.31. The summed E-state index contributed by atoms with van der Waals surface area (Å²) in [6.45, 7) is 6.84. The number of hydrogen-bond acceptors (Lipinski definition) is 3. The Kier molecular flexibility index (Phi) is 6.54. The fourth-order valence-corrected chi connectivity index (χ4v) is 4.52. The molecule has 164 valence electrons. The predicted octanol–water partition coefficient (Wildman–Crippen LogP) is 4.58. The fraction of sp³-hybridized carbons (Fsp3) is 0.423. The first-order valence-corrected chi connectivity index (χ1v) is 11.2. The molecule has 0 aliphatic carbocycles. The average molecular weight is 423 g/mol. The molecule has 1 unspecified atom stereocenters. The van der Waals surface area contributed by atoms with Crippen LogP contribution in [0.15, 0.2) is 48.5 Å². The Labute approximate surface area is 184 Å². The van der Waals surface area contributed by atoms with Crippen LogP contribution in [-0.2, 0) is 11.2 Å². The van der Waals surface area contributed by atoms with Gasteiger partial charge in [-0.25, -0.2) is 4.39 Å². The van der Waals surface area contributed by atoms with E-state index >= 15 is 0 Å². The van der Waals surface area contributed by atoms with Crippen molar-refractivity contribution >= 4 is 17.2 Å². The number of amides is 1. The predicted molar refractivity (Wildman–Crippen MR) is 122 cm³/mol. The van der Waals surface area contributed by atoms with E-state index in [1.807, 2.05) is 43.0 Å². The van der Waals surface area contributed by atoms with Crippen molar-refractivity contribution in [3.63, 3.8) is 0 Å². The van der Waals surface area contributed by atoms with E-state index in [0.717, 1.165) is 61.3 Å². The number of benzene rings is 2. The molecular formula is C26H31FN2O2. The summed E-state index contributed by atoms with van der Waals surface area (Å²) in [7, 11) is 0. The molecule has 2 aromatic rings. The zero-order chi connectivity index (χ0) is 22.0. The normalized spacial score (nSPS) is 18.0. The zero-order valence-corrected chi connectivity index (χ0v) is 18.4. The van der Waals surface area contributed by atoms with Crippen LogP contribution < -0.4 is 4.90 Å². The van der Waals surface area contributed by atoms with Gasteiger partial charge in [0.1, 0.15) is 5.82 Å². The molecule has 2 aromatic carbocycles. The van der Waals surface area contributed by atoms with Crippen molar-refractivity contribution in [1.82, 2.24) is 4.90 Å². The second-order valence-corrected chi connectivity index (χ2v) is 8.90. The number of aliphatic hydroxyl groups is 1. The number of anilines is 1. The summed E-state index contributed by atoms with van der Waals surface area (Å²) in [5.74, 6) is -0.0823. The Morgan fingerprint density at radius 1 is 1.10 bits per heavy atom. The van der Waals surface area contributed by atoms with Gasteiger partial charge in [0.15, 0.2) is 0 Å². The van der Waals surface area contributed by atoms with Crippen molar-refractivity contribution in [3.8, 4) is 0 Å². The lowest BCUT2D eigenvalue weighted by molar-refractivity contribution is -0.121. The van der Waals surface area contributed by atoms with Gasteiger partial charge in [-0.2, -0.15) is 0 Å². The van der Waals surface area contributed by atoms with Gasteiger partial charge in [0.2, 0.25) is 5.91 Å². The third kappa shape index (κ3) is 4.89. The lowest BCUT2D eigenvalue weighted by Crippen LogP contribution is -2.38. The topological polar surface area (TPSA) is 43.8 Å². The van der Waals surface area contributed by atoms with E-state index in [0.29, 0.717) is 6.54 Å². The summed E-state index contributed by atoms with van der Waals surface area (Å²) in [6, 6.07) is 12.7. The Hall–Kier alpha value is -2.50. The molecule has 0 fully saturated rings. The van der Waals surface area contributed by atoms with Crippen LogP contribution in [0, 0.1) is 11.7 Å². The Morgan fingerprint density at radius 2 is 1.87 bits per heavy atom. The molecule has 0 saturated carbocycles. The summed E-state index contributed by atoms with van der Waals surface area (Å²) in [5.41, 5.74) is 5.34. The number of carbonyl (C=O) groups excluding carboxylic acids is 1. The number of aliphatic hydroxyl groups excluding tert-OH is 1. The molecule has 0 aromatic heterocycles. The Bertz CT molecular complexity index is 968.